The van der Waals surface area contributed by atoms with Crippen LogP contribution in [0.1, 0.15) is 25.5 Å². The molecule has 1 aromatic heterocycles. The van der Waals surface area contributed by atoms with Gasteiger partial charge < -0.3 is 5.11 Å². The van der Waals surface area contributed by atoms with Crippen molar-refractivity contribution in [2.45, 2.75) is 38.3 Å². The van der Waals surface area contributed by atoms with Crippen LogP contribution in [0.3, 0.4) is 0 Å². The Bertz CT molecular complexity index is 336. The van der Waals surface area contributed by atoms with Crippen molar-refractivity contribution in [2.24, 2.45) is 0 Å². The zero-order valence-corrected chi connectivity index (χ0v) is 9.88. The standard InChI is InChI=1S/C10H16N2O2S/c1-3-4-5-12-9(6-8(2)11-12)15-7-10(13)14/h6H,3-5,7H2,1-2H3,(H,13,14). The minimum Gasteiger partial charge on any atom is -0.481 e. The summed E-state index contributed by atoms with van der Waals surface area (Å²) in [7, 11) is 0. The first kappa shape index (κ1) is 12.1. The first-order valence-electron chi connectivity index (χ1n) is 5.02. The van der Waals surface area contributed by atoms with Crippen LogP contribution < -0.4 is 0 Å². The predicted molar refractivity (Wildman–Crippen MR) is 60.2 cm³/mol. The number of aryl methyl sites for hydroxylation is 2. The van der Waals surface area contributed by atoms with E-state index in [9.17, 15) is 4.79 Å². The summed E-state index contributed by atoms with van der Waals surface area (Å²) in [5.41, 5.74) is 0.944. The van der Waals surface area contributed by atoms with E-state index in [4.69, 9.17) is 5.11 Å². The molecule has 0 aromatic carbocycles. The first-order chi connectivity index (χ1) is 7.13. The molecule has 0 saturated heterocycles. The average Bonchev–Trinajstić information content (AvgIpc) is 2.52. The summed E-state index contributed by atoms with van der Waals surface area (Å²) >= 11 is 1.33. The van der Waals surface area contributed by atoms with Crippen LogP contribution in [0.4, 0.5) is 0 Å². The molecule has 15 heavy (non-hydrogen) atoms. The number of carboxylic acid groups (broad SMARTS) is 1. The molecule has 1 N–H and O–H groups in total. The number of carbonyl (C=O) groups is 1. The van der Waals surface area contributed by atoms with Crippen molar-refractivity contribution in [1.82, 2.24) is 9.78 Å². The van der Waals surface area contributed by atoms with E-state index in [0.717, 1.165) is 30.1 Å². The van der Waals surface area contributed by atoms with Crippen LogP contribution in [0.25, 0.3) is 0 Å². The van der Waals surface area contributed by atoms with Crippen molar-refractivity contribution in [3.63, 3.8) is 0 Å². The zero-order chi connectivity index (χ0) is 11.3. The molecule has 0 radical (unpaired) electrons. The molecule has 84 valence electrons. The number of nitrogens with zero attached hydrogens (tertiary/aromatic N) is 2. The Balaban J connectivity index is 2.63. The van der Waals surface area contributed by atoms with Gasteiger partial charge in [-0.15, -0.1) is 0 Å². The largest absolute Gasteiger partial charge is 0.481 e. The summed E-state index contributed by atoms with van der Waals surface area (Å²) in [5, 5.41) is 13.9. The summed E-state index contributed by atoms with van der Waals surface area (Å²) in [6.45, 7) is 4.92. The Hall–Kier alpha value is -0.970. The fraction of sp³-hybridized carbons (Fsp3) is 0.600. The number of hydrogen-bond acceptors (Lipinski definition) is 3. The van der Waals surface area contributed by atoms with Crippen molar-refractivity contribution in [3.8, 4) is 0 Å². The van der Waals surface area contributed by atoms with Crippen LogP contribution >= 0.6 is 11.8 Å². The molecule has 1 aromatic rings. The summed E-state index contributed by atoms with van der Waals surface area (Å²) in [6, 6.07) is 1.93. The van der Waals surface area contributed by atoms with Crippen LogP contribution in [-0.4, -0.2) is 26.6 Å². The molecule has 0 atom stereocenters. The lowest BCUT2D eigenvalue weighted by atomic mass is 10.3. The Labute approximate surface area is 93.7 Å². The smallest absolute Gasteiger partial charge is 0.313 e. The number of aromatic nitrogens is 2. The second kappa shape index (κ2) is 5.80. The summed E-state index contributed by atoms with van der Waals surface area (Å²) < 4.78 is 1.90. The highest BCUT2D eigenvalue weighted by Gasteiger charge is 2.07. The number of rotatable bonds is 6. The third kappa shape index (κ3) is 3.95. The van der Waals surface area contributed by atoms with E-state index >= 15 is 0 Å². The molecule has 0 fully saturated rings. The average molecular weight is 228 g/mol. The van der Waals surface area contributed by atoms with Crippen molar-refractivity contribution >= 4 is 17.7 Å². The van der Waals surface area contributed by atoms with Crippen LogP contribution in [0.15, 0.2) is 11.1 Å². The van der Waals surface area contributed by atoms with Gasteiger partial charge in [0.05, 0.1) is 16.5 Å². The van der Waals surface area contributed by atoms with Gasteiger partial charge in [-0.05, 0) is 19.4 Å². The van der Waals surface area contributed by atoms with Crippen molar-refractivity contribution in [3.05, 3.63) is 11.8 Å². The second-order valence-electron chi connectivity index (χ2n) is 3.38. The molecule has 4 nitrogen and oxygen atoms in total. The zero-order valence-electron chi connectivity index (χ0n) is 9.06. The topological polar surface area (TPSA) is 55.1 Å². The SMILES string of the molecule is CCCCn1nc(C)cc1SCC(=O)O. The van der Waals surface area contributed by atoms with Gasteiger partial charge in [-0.25, -0.2) is 0 Å². The lowest BCUT2D eigenvalue weighted by molar-refractivity contribution is -0.133. The molecule has 0 aliphatic carbocycles. The fourth-order valence-electron chi connectivity index (χ4n) is 1.24. The molecule has 0 amide bonds. The molecule has 0 bridgehead atoms. The molecule has 0 spiro atoms. The van der Waals surface area contributed by atoms with E-state index in [-0.39, 0.29) is 5.75 Å². The van der Waals surface area contributed by atoms with E-state index < -0.39 is 5.97 Å². The van der Waals surface area contributed by atoms with Crippen LogP contribution in [0.2, 0.25) is 0 Å². The molecular weight excluding hydrogens is 212 g/mol. The van der Waals surface area contributed by atoms with Crippen molar-refractivity contribution in [2.75, 3.05) is 5.75 Å². The van der Waals surface area contributed by atoms with Crippen LogP contribution in [0, 0.1) is 6.92 Å². The number of hydrogen-bond donors (Lipinski definition) is 1. The van der Waals surface area contributed by atoms with Gasteiger partial charge in [0, 0.05) is 6.54 Å². The Morgan fingerprint density at radius 1 is 1.67 bits per heavy atom. The maximum absolute atomic E-state index is 10.5. The maximum atomic E-state index is 10.5. The predicted octanol–water partition coefficient (Wildman–Crippen LogP) is 2.17. The van der Waals surface area contributed by atoms with Crippen molar-refractivity contribution < 1.29 is 9.90 Å². The molecular formula is C10H16N2O2S. The summed E-state index contributed by atoms with van der Waals surface area (Å²) in [6.07, 6.45) is 2.18. The van der Waals surface area contributed by atoms with Gasteiger partial charge in [-0.1, -0.05) is 25.1 Å². The molecule has 0 saturated carbocycles. The molecule has 0 aliphatic heterocycles. The van der Waals surface area contributed by atoms with Gasteiger partial charge >= 0.3 is 5.97 Å². The lowest BCUT2D eigenvalue weighted by Gasteiger charge is -2.04. The highest BCUT2D eigenvalue weighted by Crippen LogP contribution is 2.19. The van der Waals surface area contributed by atoms with Gasteiger partial charge in [0.2, 0.25) is 0 Å². The lowest BCUT2D eigenvalue weighted by Crippen LogP contribution is -2.04. The van der Waals surface area contributed by atoms with Crippen molar-refractivity contribution in [1.29, 1.82) is 0 Å². The minimum absolute atomic E-state index is 0.0945. The van der Waals surface area contributed by atoms with Gasteiger partial charge in [0.25, 0.3) is 0 Å². The van der Waals surface area contributed by atoms with E-state index in [1.165, 1.54) is 11.8 Å². The van der Waals surface area contributed by atoms with Crippen LogP contribution in [0.5, 0.6) is 0 Å². The minimum atomic E-state index is -0.791. The third-order valence-corrected chi connectivity index (χ3v) is 2.95. The fourth-order valence-corrected chi connectivity index (χ4v) is 2.05. The summed E-state index contributed by atoms with van der Waals surface area (Å²) in [5.74, 6) is -0.696. The van der Waals surface area contributed by atoms with E-state index in [1.54, 1.807) is 0 Å². The Morgan fingerprint density at radius 3 is 3.00 bits per heavy atom. The third-order valence-electron chi connectivity index (χ3n) is 1.93. The second-order valence-corrected chi connectivity index (χ2v) is 4.38. The Morgan fingerprint density at radius 2 is 2.40 bits per heavy atom. The van der Waals surface area contributed by atoms with E-state index in [2.05, 4.69) is 12.0 Å². The quantitative estimate of drug-likeness (QED) is 0.758. The first-order valence-corrected chi connectivity index (χ1v) is 6.01. The van der Waals surface area contributed by atoms with E-state index in [1.807, 2.05) is 17.7 Å². The van der Waals surface area contributed by atoms with E-state index in [0.29, 0.717) is 0 Å². The van der Waals surface area contributed by atoms with Gasteiger partial charge in [-0.2, -0.15) is 5.10 Å². The molecule has 0 unspecified atom stereocenters. The molecule has 1 heterocycles. The highest BCUT2D eigenvalue weighted by atomic mass is 32.2. The molecule has 5 heteroatoms. The maximum Gasteiger partial charge on any atom is 0.313 e. The normalized spacial score (nSPS) is 10.5. The highest BCUT2D eigenvalue weighted by molar-refractivity contribution is 7.99. The summed E-state index contributed by atoms with van der Waals surface area (Å²) in [4.78, 5) is 10.5. The molecule has 1 rings (SSSR count). The van der Waals surface area contributed by atoms with Crippen LogP contribution in [-0.2, 0) is 11.3 Å². The monoisotopic (exact) mass is 228 g/mol. The number of unbranched alkanes of at least 4 members (excludes halogenated alkanes) is 1. The van der Waals surface area contributed by atoms with Gasteiger partial charge in [-0.3, -0.25) is 9.48 Å². The number of carboxylic acids is 1. The number of aliphatic carboxylic acids is 1. The number of thioether (sulfide) groups is 1. The van der Waals surface area contributed by atoms with Gasteiger partial charge in [0.1, 0.15) is 0 Å². The van der Waals surface area contributed by atoms with Gasteiger partial charge in [0.15, 0.2) is 0 Å². The Kier molecular flexibility index (Phi) is 4.68. The molecule has 0 aliphatic rings.